The molecule has 0 aromatic carbocycles. The molecule has 2 saturated carbocycles. The standard InChI is InChI=1S/C16H30N2O2/c1-18(9-13-7-15(19)8-13)11-16(5-2-6-20-12-16)10-17-14-3-4-14/h13-15,17,19H,2-12H2,1H3. The predicted octanol–water partition coefficient (Wildman–Crippen LogP) is 1.24. The van der Waals surface area contributed by atoms with E-state index in [9.17, 15) is 5.11 Å². The molecule has 3 aliphatic rings. The van der Waals surface area contributed by atoms with Gasteiger partial charge in [0.05, 0.1) is 12.7 Å². The van der Waals surface area contributed by atoms with Crippen molar-refractivity contribution in [3.05, 3.63) is 0 Å². The molecule has 1 atom stereocenters. The fourth-order valence-corrected chi connectivity index (χ4v) is 3.81. The van der Waals surface area contributed by atoms with E-state index in [4.69, 9.17) is 4.74 Å². The van der Waals surface area contributed by atoms with Gasteiger partial charge >= 0.3 is 0 Å². The van der Waals surface area contributed by atoms with Gasteiger partial charge in [-0.15, -0.1) is 0 Å². The normalized spacial score (nSPS) is 38.0. The summed E-state index contributed by atoms with van der Waals surface area (Å²) in [6.45, 7) is 5.20. The summed E-state index contributed by atoms with van der Waals surface area (Å²) in [5.74, 6) is 0.702. The average molecular weight is 282 g/mol. The molecule has 0 spiro atoms. The second-order valence-electron chi connectivity index (χ2n) is 7.50. The van der Waals surface area contributed by atoms with Crippen molar-refractivity contribution >= 4 is 0 Å². The second-order valence-corrected chi connectivity index (χ2v) is 7.50. The Hall–Kier alpha value is -0.160. The van der Waals surface area contributed by atoms with Crippen molar-refractivity contribution in [2.24, 2.45) is 11.3 Å². The molecule has 0 aromatic rings. The topological polar surface area (TPSA) is 44.7 Å². The maximum atomic E-state index is 9.41. The molecule has 1 aliphatic heterocycles. The van der Waals surface area contributed by atoms with Gasteiger partial charge in [0, 0.05) is 37.7 Å². The highest BCUT2D eigenvalue weighted by Gasteiger charge is 2.37. The number of aliphatic hydroxyl groups is 1. The van der Waals surface area contributed by atoms with Crippen molar-refractivity contribution in [1.29, 1.82) is 0 Å². The lowest BCUT2D eigenvalue weighted by Crippen LogP contribution is -2.50. The molecule has 3 fully saturated rings. The molecular formula is C16H30N2O2. The Balaban J connectivity index is 1.48. The lowest BCUT2D eigenvalue weighted by atomic mass is 9.79. The third-order valence-electron chi connectivity index (χ3n) is 5.13. The van der Waals surface area contributed by atoms with E-state index in [1.165, 1.54) is 25.7 Å². The molecule has 20 heavy (non-hydrogen) atoms. The third-order valence-corrected chi connectivity index (χ3v) is 5.13. The van der Waals surface area contributed by atoms with Crippen LogP contribution >= 0.6 is 0 Å². The molecule has 0 radical (unpaired) electrons. The van der Waals surface area contributed by atoms with E-state index in [2.05, 4.69) is 17.3 Å². The summed E-state index contributed by atoms with van der Waals surface area (Å²) in [6, 6.07) is 0.779. The minimum Gasteiger partial charge on any atom is -0.393 e. The quantitative estimate of drug-likeness (QED) is 0.737. The van der Waals surface area contributed by atoms with Gasteiger partial charge < -0.3 is 20.1 Å². The molecule has 1 saturated heterocycles. The minimum absolute atomic E-state index is 0.0306. The SMILES string of the molecule is CN(CC1CC(O)C1)CC1(CNC2CC2)CCCOC1. The van der Waals surface area contributed by atoms with Gasteiger partial charge in [-0.05, 0) is 51.5 Å². The number of ether oxygens (including phenoxy) is 1. The van der Waals surface area contributed by atoms with Gasteiger partial charge in [-0.1, -0.05) is 0 Å². The highest BCUT2D eigenvalue weighted by Crippen LogP contribution is 2.32. The Morgan fingerprint density at radius 2 is 2.15 bits per heavy atom. The smallest absolute Gasteiger partial charge is 0.0546 e. The molecule has 116 valence electrons. The summed E-state index contributed by atoms with van der Waals surface area (Å²) in [6.07, 6.45) is 7.14. The first-order valence-corrected chi connectivity index (χ1v) is 8.33. The molecule has 2 aliphatic carbocycles. The molecule has 0 bridgehead atoms. The lowest BCUT2D eigenvalue weighted by Gasteiger charge is -2.42. The summed E-state index contributed by atoms with van der Waals surface area (Å²) in [5, 5.41) is 13.1. The van der Waals surface area contributed by atoms with Crippen LogP contribution in [0.5, 0.6) is 0 Å². The van der Waals surface area contributed by atoms with Crippen molar-refractivity contribution < 1.29 is 9.84 Å². The summed E-state index contributed by atoms with van der Waals surface area (Å²) in [7, 11) is 2.23. The van der Waals surface area contributed by atoms with Crippen LogP contribution < -0.4 is 5.32 Å². The molecule has 0 amide bonds. The number of aliphatic hydroxyl groups excluding tert-OH is 1. The molecule has 2 N–H and O–H groups in total. The Kier molecular flexibility index (Phi) is 4.65. The maximum Gasteiger partial charge on any atom is 0.0546 e. The average Bonchev–Trinajstić information content (AvgIpc) is 3.20. The Morgan fingerprint density at radius 1 is 1.35 bits per heavy atom. The third kappa shape index (κ3) is 3.94. The van der Waals surface area contributed by atoms with Crippen molar-refractivity contribution in [1.82, 2.24) is 10.2 Å². The summed E-state index contributed by atoms with van der Waals surface area (Å²) < 4.78 is 5.79. The summed E-state index contributed by atoms with van der Waals surface area (Å²) in [5.41, 5.74) is 0.304. The van der Waals surface area contributed by atoms with E-state index in [1.807, 2.05) is 0 Å². The maximum absolute atomic E-state index is 9.41. The van der Waals surface area contributed by atoms with Crippen molar-refractivity contribution in [3.8, 4) is 0 Å². The van der Waals surface area contributed by atoms with Gasteiger partial charge in [-0.2, -0.15) is 0 Å². The second kappa shape index (κ2) is 6.30. The van der Waals surface area contributed by atoms with Gasteiger partial charge in [0.2, 0.25) is 0 Å². The van der Waals surface area contributed by atoms with Crippen LogP contribution in [0.3, 0.4) is 0 Å². The van der Waals surface area contributed by atoms with Gasteiger partial charge in [0.1, 0.15) is 0 Å². The number of nitrogens with one attached hydrogen (secondary N) is 1. The molecule has 1 unspecified atom stereocenters. The molecule has 1 heterocycles. The van der Waals surface area contributed by atoms with E-state index >= 15 is 0 Å². The van der Waals surface area contributed by atoms with Crippen LogP contribution in [0, 0.1) is 11.3 Å². The van der Waals surface area contributed by atoms with Gasteiger partial charge in [-0.3, -0.25) is 0 Å². The fraction of sp³-hybridized carbons (Fsp3) is 1.00. The van der Waals surface area contributed by atoms with E-state index in [0.717, 1.165) is 51.7 Å². The molecule has 4 nitrogen and oxygen atoms in total. The van der Waals surface area contributed by atoms with E-state index in [1.54, 1.807) is 0 Å². The van der Waals surface area contributed by atoms with Crippen molar-refractivity contribution in [2.45, 2.75) is 50.7 Å². The van der Waals surface area contributed by atoms with Gasteiger partial charge in [0.25, 0.3) is 0 Å². The highest BCUT2D eigenvalue weighted by molar-refractivity contribution is 4.91. The predicted molar refractivity (Wildman–Crippen MR) is 79.7 cm³/mol. The van der Waals surface area contributed by atoms with Crippen LogP contribution in [0.1, 0.15) is 38.5 Å². The van der Waals surface area contributed by atoms with Crippen LogP contribution in [0.25, 0.3) is 0 Å². The van der Waals surface area contributed by atoms with Crippen LogP contribution in [0.15, 0.2) is 0 Å². The van der Waals surface area contributed by atoms with Crippen molar-refractivity contribution in [3.63, 3.8) is 0 Å². The largest absolute Gasteiger partial charge is 0.393 e. The highest BCUT2D eigenvalue weighted by atomic mass is 16.5. The number of rotatable bonds is 7. The minimum atomic E-state index is -0.0306. The fourth-order valence-electron chi connectivity index (χ4n) is 3.81. The Bertz CT molecular complexity index is 308. The van der Waals surface area contributed by atoms with Crippen LogP contribution in [0.2, 0.25) is 0 Å². The molecular weight excluding hydrogens is 252 g/mol. The zero-order chi connectivity index (χ0) is 14.0. The van der Waals surface area contributed by atoms with Crippen molar-refractivity contribution in [2.75, 3.05) is 39.9 Å². The molecule has 4 heteroatoms. The van der Waals surface area contributed by atoms with Crippen LogP contribution in [-0.4, -0.2) is 62.0 Å². The zero-order valence-electron chi connectivity index (χ0n) is 12.8. The number of nitrogens with zero attached hydrogens (tertiary/aromatic N) is 1. The number of hydrogen-bond donors (Lipinski definition) is 2. The first-order valence-electron chi connectivity index (χ1n) is 8.33. The van der Waals surface area contributed by atoms with E-state index in [-0.39, 0.29) is 6.10 Å². The van der Waals surface area contributed by atoms with Crippen LogP contribution in [0.4, 0.5) is 0 Å². The van der Waals surface area contributed by atoms with E-state index < -0.39 is 0 Å². The van der Waals surface area contributed by atoms with Gasteiger partial charge in [-0.25, -0.2) is 0 Å². The van der Waals surface area contributed by atoms with Gasteiger partial charge in [0.15, 0.2) is 0 Å². The lowest BCUT2D eigenvalue weighted by molar-refractivity contribution is -0.0320. The first-order chi connectivity index (χ1) is 9.65. The zero-order valence-corrected chi connectivity index (χ0v) is 12.8. The van der Waals surface area contributed by atoms with Crippen LogP contribution in [-0.2, 0) is 4.74 Å². The molecule has 0 aromatic heterocycles. The number of hydrogen-bond acceptors (Lipinski definition) is 4. The monoisotopic (exact) mass is 282 g/mol. The summed E-state index contributed by atoms with van der Waals surface area (Å²) in [4.78, 5) is 2.47. The Morgan fingerprint density at radius 3 is 2.75 bits per heavy atom. The Labute approximate surface area is 122 Å². The summed E-state index contributed by atoms with van der Waals surface area (Å²) >= 11 is 0. The first kappa shape index (κ1) is 14.8. The van der Waals surface area contributed by atoms with E-state index in [0.29, 0.717) is 11.3 Å². The molecule has 3 rings (SSSR count).